The number of hydrogen-bond acceptors (Lipinski definition) is 5. The Kier molecular flexibility index (Phi) is 3.61. The van der Waals surface area contributed by atoms with E-state index in [0.717, 1.165) is 32.1 Å². The van der Waals surface area contributed by atoms with Crippen LogP contribution in [-0.4, -0.2) is 40.8 Å². The Hall–Kier alpha value is -1.04. The summed E-state index contributed by atoms with van der Waals surface area (Å²) in [6, 6.07) is 0. The number of ketones is 2. The summed E-state index contributed by atoms with van der Waals surface area (Å²) < 4.78 is 6.13. The van der Waals surface area contributed by atoms with E-state index in [0.29, 0.717) is 24.7 Å². The summed E-state index contributed by atoms with van der Waals surface area (Å²) in [4.78, 5) is 24.4. The van der Waals surface area contributed by atoms with Gasteiger partial charge in [-0.05, 0) is 67.8 Å². The molecule has 5 heteroatoms. The lowest BCUT2D eigenvalue weighted by molar-refractivity contribution is -0.160. The van der Waals surface area contributed by atoms with Crippen molar-refractivity contribution < 1.29 is 24.5 Å². The van der Waals surface area contributed by atoms with Gasteiger partial charge in [-0.25, -0.2) is 0 Å². The van der Waals surface area contributed by atoms with Crippen LogP contribution in [0.15, 0.2) is 11.6 Å². The number of allylic oxidation sites excluding steroid dienone is 1. The lowest BCUT2D eigenvalue weighted by Gasteiger charge is -2.57. The molecule has 5 nitrogen and oxygen atoms in total. The number of aliphatic hydroxyl groups excluding tert-OH is 2. The van der Waals surface area contributed by atoms with E-state index in [9.17, 15) is 19.8 Å². The highest BCUT2D eigenvalue weighted by molar-refractivity contribution is 5.91. The minimum Gasteiger partial charge on any atom is -0.389 e. The second-order valence-corrected chi connectivity index (χ2v) is 9.49. The monoisotopic (exact) mass is 360 g/mol. The number of carbonyl (C=O) groups excluding carboxylic acids is 2. The van der Waals surface area contributed by atoms with Gasteiger partial charge < -0.3 is 14.9 Å². The maximum atomic E-state index is 12.4. The van der Waals surface area contributed by atoms with Crippen LogP contribution in [-0.2, 0) is 14.3 Å². The molecule has 1 heterocycles. The molecule has 1 aliphatic heterocycles. The van der Waals surface area contributed by atoms with E-state index in [2.05, 4.69) is 6.92 Å². The number of rotatable bonds is 2. The number of hydrogen-bond donors (Lipinski definition) is 2. The zero-order chi connectivity index (χ0) is 18.3. The number of Topliss-reactive ketones (excluding diaryl/α,β-unsaturated/α-hetero) is 1. The van der Waals surface area contributed by atoms with Crippen LogP contribution in [0.3, 0.4) is 0 Å². The second kappa shape index (κ2) is 5.49. The van der Waals surface area contributed by atoms with Crippen LogP contribution < -0.4 is 0 Å². The van der Waals surface area contributed by atoms with Crippen molar-refractivity contribution in [2.45, 2.75) is 64.3 Å². The lowest BCUT2D eigenvalue weighted by Crippen LogP contribution is -2.55. The number of ether oxygens (including phenoxy) is 1. The van der Waals surface area contributed by atoms with E-state index < -0.39 is 18.3 Å². The third-order valence-corrected chi connectivity index (χ3v) is 8.79. The molecule has 2 bridgehead atoms. The van der Waals surface area contributed by atoms with Crippen molar-refractivity contribution in [3.63, 3.8) is 0 Å². The van der Waals surface area contributed by atoms with E-state index in [-0.39, 0.29) is 34.9 Å². The van der Waals surface area contributed by atoms with Crippen molar-refractivity contribution in [1.29, 1.82) is 0 Å². The highest BCUT2D eigenvalue weighted by Gasteiger charge is 2.71. The molecule has 5 rings (SSSR count). The van der Waals surface area contributed by atoms with E-state index in [4.69, 9.17) is 4.74 Å². The van der Waals surface area contributed by atoms with Crippen molar-refractivity contribution >= 4 is 11.6 Å². The van der Waals surface area contributed by atoms with Gasteiger partial charge in [-0.1, -0.05) is 12.5 Å². The summed E-state index contributed by atoms with van der Waals surface area (Å²) in [5.74, 6) is 0.837. The van der Waals surface area contributed by atoms with Crippen LogP contribution in [0.1, 0.15) is 51.9 Å². The summed E-state index contributed by atoms with van der Waals surface area (Å²) in [5.41, 5.74) is 0.735. The third-order valence-electron chi connectivity index (χ3n) is 8.79. The van der Waals surface area contributed by atoms with Crippen LogP contribution in [0, 0.1) is 34.5 Å². The molecule has 0 amide bonds. The van der Waals surface area contributed by atoms with Gasteiger partial charge in [0.05, 0.1) is 6.10 Å². The van der Waals surface area contributed by atoms with Crippen LogP contribution in [0.2, 0.25) is 0 Å². The van der Waals surface area contributed by atoms with Gasteiger partial charge in [0, 0.05) is 17.8 Å². The van der Waals surface area contributed by atoms with Crippen molar-refractivity contribution in [3.8, 4) is 0 Å². The molecule has 0 aromatic carbocycles. The van der Waals surface area contributed by atoms with Crippen molar-refractivity contribution in [2.75, 3.05) is 6.61 Å². The first-order chi connectivity index (χ1) is 12.4. The van der Waals surface area contributed by atoms with Gasteiger partial charge in [-0.2, -0.15) is 0 Å². The van der Waals surface area contributed by atoms with E-state index >= 15 is 0 Å². The number of aliphatic hydroxyl groups is 2. The SMILES string of the molecule is C[C@]12CCC(=O)C=C1CC[C@@H]1[C@@H]2[C@H]2C[C@]3(C(O)O2)[C@@H](C(=O)CO)CC[C@@H]13. The molecule has 1 saturated heterocycles. The third kappa shape index (κ3) is 1.92. The molecule has 26 heavy (non-hydrogen) atoms. The fourth-order valence-electron chi connectivity index (χ4n) is 7.80. The van der Waals surface area contributed by atoms with Crippen molar-refractivity contribution in [1.82, 2.24) is 0 Å². The normalized spacial score (nSPS) is 52.1. The average Bonchev–Trinajstić information content (AvgIpc) is 3.14. The van der Waals surface area contributed by atoms with Gasteiger partial charge in [-0.15, -0.1) is 0 Å². The molecule has 8 atom stereocenters. The van der Waals surface area contributed by atoms with Crippen LogP contribution >= 0.6 is 0 Å². The van der Waals surface area contributed by atoms with Gasteiger partial charge in [0.25, 0.3) is 0 Å². The van der Waals surface area contributed by atoms with E-state index in [1.165, 1.54) is 5.57 Å². The van der Waals surface area contributed by atoms with Crippen molar-refractivity contribution in [3.05, 3.63) is 11.6 Å². The van der Waals surface area contributed by atoms with Crippen LogP contribution in [0.4, 0.5) is 0 Å². The molecule has 4 fully saturated rings. The summed E-state index contributed by atoms with van der Waals surface area (Å²) >= 11 is 0. The molecule has 0 radical (unpaired) electrons. The molecule has 2 N–H and O–H groups in total. The maximum absolute atomic E-state index is 12.4. The molecule has 1 unspecified atom stereocenters. The van der Waals surface area contributed by atoms with Crippen LogP contribution in [0.5, 0.6) is 0 Å². The van der Waals surface area contributed by atoms with E-state index in [1.54, 1.807) is 0 Å². The second-order valence-electron chi connectivity index (χ2n) is 9.49. The predicted molar refractivity (Wildman–Crippen MR) is 92.9 cm³/mol. The number of carbonyl (C=O) groups is 2. The van der Waals surface area contributed by atoms with Gasteiger partial charge in [0.2, 0.25) is 0 Å². The van der Waals surface area contributed by atoms with E-state index in [1.807, 2.05) is 6.08 Å². The van der Waals surface area contributed by atoms with Crippen molar-refractivity contribution in [2.24, 2.45) is 34.5 Å². The Morgan fingerprint density at radius 1 is 1.31 bits per heavy atom. The summed E-state index contributed by atoms with van der Waals surface area (Å²) in [6.45, 7) is 1.84. The molecule has 5 aliphatic rings. The minimum atomic E-state index is -0.910. The molecular weight excluding hydrogens is 332 g/mol. The molecule has 3 saturated carbocycles. The highest BCUT2D eigenvalue weighted by Crippen LogP contribution is 2.71. The number of fused-ring (bicyclic) bond motifs is 6. The first kappa shape index (κ1) is 17.1. The smallest absolute Gasteiger partial charge is 0.162 e. The predicted octanol–water partition coefficient (Wildman–Crippen LogP) is 2.00. The fourth-order valence-corrected chi connectivity index (χ4v) is 7.80. The zero-order valence-electron chi connectivity index (χ0n) is 15.3. The largest absolute Gasteiger partial charge is 0.389 e. The molecule has 0 aromatic heterocycles. The Morgan fingerprint density at radius 2 is 2.12 bits per heavy atom. The first-order valence-corrected chi connectivity index (χ1v) is 10.1. The average molecular weight is 360 g/mol. The molecule has 142 valence electrons. The highest BCUT2D eigenvalue weighted by atomic mass is 16.6. The Balaban J connectivity index is 1.57. The first-order valence-electron chi connectivity index (χ1n) is 10.1. The van der Waals surface area contributed by atoms with Gasteiger partial charge in [-0.3, -0.25) is 9.59 Å². The quantitative estimate of drug-likeness (QED) is 0.787. The minimum absolute atomic E-state index is 0.0310. The maximum Gasteiger partial charge on any atom is 0.162 e. The molecular formula is C21H28O5. The van der Waals surface area contributed by atoms with Crippen LogP contribution in [0.25, 0.3) is 0 Å². The Labute approximate surface area is 153 Å². The topological polar surface area (TPSA) is 83.8 Å². The summed E-state index contributed by atoms with van der Waals surface area (Å²) in [6.07, 6.45) is 6.72. The lowest BCUT2D eigenvalue weighted by atomic mass is 9.46. The van der Waals surface area contributed by atoms with Gasteiger partial charge >= 0.3 is 0 Å². The molecule has 0 aromatic rings. The fraction of sp³-hybridized carbons (Fsp3) is 0.810. The van der Waals surface area contributed by atoms with Gasteiger partial charge in [0.15, 0.2) is 17.9 Å². The summed E-state index contributed by atoms with van der Waals surface area (Å²) in [7, 11) is 0. The summed E-state index contributed by atoms with van der Waals surface area (Å²) in [5, 5.41) is 20.4. The Morgan fingerprint density at radius 3 is 2.88 bits per heavy atom. The standard InChI is InChI=1S/C21H28O5/c1-20-7-6-12(23)8-11(20)2-3-13-14-4-5-15(16(24)10-22)21(14)9-17(18(13)20)26-19(21)25/h8,13-15,17-19,22,25H,2-7,9-10H2,1H3/t13-,14-,15+,17+,18+,19?,20-,21+/m0/s1. The Bertz CT molecular complexity index is 699. The molecule has 1 spiro atoms. The van der Waals surface area contributed by atoms with Gasteiger partial charge in [0.1, 0.15) is 6.61 Å². The zero-order valence-corrected chi connectivity index (χ0v) is 15.3. The molecule has 4 aliphatic carbocycles.